The van der Waals surface area contributed by atoms with E-state index in [1.807, 2.05) is 18.7 Å². The van der Waals surface area contributed by atoms with Crippen LogP contribution in [0.5, 0.6) is 5.75 Å². The van der Waals surface area contributed by atoms with E-state index in [4.69, 9.17) is 16.3 Å². The fraction of sp³-hybridized carbons (Fsp3) is 0.346. The molecule has 3 N–H and O–H groups in total. The van der Waals surface area contributed by atoms with Crippen LogP contribution in [0.4, 0.5) is 28.8 Å². The summed E-state index contributed by atoms with van der Waals surface area (Å²) in [5, 5.41) is 8.61. The number of hydrogen-bond acceptors (Lipinski definition) is 9. The second-order valence-corrected chi connectivity index (χ2v) is 11.5. The van der Waals surface area contributed by atoms with Gasteiger partial charge in [-0.05, 0) is 51.2 Å². The fourth-order valence-corrected chi connectivity index (χ4v) is 4.90. The number of para-hydroxylation sites is 1. The topological polar surface area (TPSA) is 126 Å². The Morgan fingerprint density at radius 1 is 1.08 bits per heavy atom. The van der Waals surface area contributed by atoms with Crippen LogP contribution in [0.1, 0.15) is 27.7 Å². The van der Waals surface area contributed by atoms with E-state index in [1.165, 1.54) is 13.3 Å². The molecule has 0 aliphatic rings. The molecule has 0 unspecified atom stereocenters. The summed E-state index contributed by atoms with van der Waals surface area (Å²) in [4.78, 5) is 23.2. The van der Waals surface area contributed by atoms with E-state index >= 15 is 0 Å². The predicted molar refractivity (Wildman–Crippen MR) is 152 cm³/mol. The first-order valence-electron chi connectivity index (χ1n) is 12.2. The standard InChI is InChI=1S/C26H33ClN6O4S/c1-6-33(7-2)16-24(34)29-18-12-13-20(22(14-18)37-5)31-26-28-15-19(27)25(32-26)30-21-10-8-9-11-23(21)38(35,36)17(3)4/h8-15,17H,6-7,16H2,1-5H3,(H,29,34)(H2,28,30,31,32). The largest absolute Gasteiger partial charge is 0.494 e. The maximum absolute atomic E-state index is 12.8. The number of carbonyl (C=O) groups excluding carboxylic acids is 1. The summed E-state index contributed by atoms with van der Waals surface area (Å²) in [6, 6.07) is 11.8. The molecular formula is C26H33ClN6O4S. The number of halogens is 1. The van der Waals surface area contributed by atoms with Gasteiger partial charge >= 0.3 is 0 Å². The molecule has 0 saturated heterocycles. The van der Waals surface area contributed by atoms with Crippen molar-refractivity contribution in [2.45, 2.75) is 37.8 Å². The van der Waals surface area contributed by atoms with E-state index in [9.17, 15) is 13.2 Å². The van der Waals surface area contributed by atoms with Crippen molar-refractivity contribution in [3.8, 4) is 5.75 Å². The van der Waals surface area contributed by atoms with Gasteiger partial charge in [-0.2, -0.15) is 4.98 Å². The van der Waals surface area contributed by atoms with Crippen molar-refractivity contribution in [3.05, 3.63) is 53.7 Å². The van der Waals surface area contributed by atoms with Crippen LogP contribution in [0.2, 0.25) is 5.02 Å². The third kappa shape index (κ3) is 7.12. The molecule has 0 fully saturated rings. The molecule has 10 nitrogen and oxygen atoms in total. The Labute approximate surface area is 228 Å². The van der Waals surface area contributed by atoms with Gasteiger partial charge in [0.15, 0.2) is 15.7 Å². The van der Waals surface area contributed by atoms with Crippen molar-refractivity contribution in [2.75, 3.05) is 42.7 Å². The molecule has 204 valence electrons. The van der Waals surface area contributed by atoms with Crippen LogP contribution in [-0.2, 0) is 14.6 Å². The van der Waals surface area contributed by atoms with Crippen LogP contribution in [-0.4, -0.2) is 61.2 Å². The SMILES string of the molecule is CCN(CC)CC(=O)Nc1ccc(Nc2ncc(Cl)c(Nc3ccccc3S(=O)(=O)C(C)C)n2)c(OC)c1. The van der Waals surface area contributed by atoms with Crippen molar-refractivity contribution in [2.24, 2.45) is 0 Å². The van der Waals surface area contributed by atoms with Crippen molar-refractivity contribution >= 4 is 56.2 Å². The molecule has 1 heterocycles. The van der Waals surface area contributed by atoms with Crippen molar-refractivity contribution in [3.63, 3.8) is 0 Å². The molecular weight excluding hydrogens is 528 g/mol. The summed E-state index contributed by atoms with van der Waals surface area (Å²) in [7, 11) is -2.03. The minimum atomic E-state index is -3.54. The number of nitrogens with one attached hydrogen (secondary N) is 3. The third-order valence-electron chi connectivity index (χ3n) is 5.80. The molecule has 0 atom stereocenters. The monoisotopic (exact) mass is 560 g/mol. The van der Waals surface area contributed by atoms with Gasteiger partial charge in [0.2, 0.25) is 11.9 Å². The Morgan fingerprint density at radius 3 is 2.45 bits per heavy atom. The first kappa shape index (κ1) is 29.2. The van der Waals surface area contributed by atoms with Crippen LogP contribution in [0.3, 0.4) is 0 Å². The van der Waals surface area contributed by atoms with E-state index in [-0.39, 0.29) is 27.6 Å². The molecule has 2 aromatic carbocycles. The van der Waals surface area contributed by atoms with Crippen molar-refractivity contribution in [1.82, 2.24) is 14.9 Å². The van der Waals surface area contributed by atoms with Gasteiger partial charge < -0.3 is 20.7 Å². The number of amides is 1. The number of methoxy groups -OCH3 is 1. The molecule has 0 saturated carbocycles. The molecule has 0 radical (unpaired) electrons. The number of rotatable bonds is 12. The zero-order valence-corrected chi connectivity index (χ0v) is 23.7. The highest BCUT2D eigenvalue weighted by Gasteiger charge is 2.23. The highest BCUT2D eigenvalue weighted by molar-refractivity contribution is 7.92. The number of hydrogen-bond donors (Lipinski definition) is 3. The van der Waals surface area contributed by atoms with Gasteiger partial charge in [0.05, 0.1) is 41.4 Å². The van der Waals surface area contributed by atoms with Crippen molar-refractivity contribution < 1.29 is 17.9 Å². The normalized spacial score (nSPS) is 11.5. The van der Waals surface area contributed by atoms with E-state index in [0.29, 0.717) is 29.4 Å². The molecule has 38 heavy (non-hydrogen) atoms. The minimum absolute atomic E-state index is 0.118. The van der Waals surface area contributed by atoms with Gasteiger partial charge in [-0.1, -0.05) is 37.6 Å². The molecule has 0 spiro atoms. The molecule has 12 heteroatoms. The van der Waals surface area contributed by atoms with Crippen molar-refractivity contribution in [1.29, 1.82) is 0 Å². The molecule has 0 aliphatic heterocycles. The third-order valence-corrected chi connectivity index (χ3v) is 8.29. The van der Waals surface area contributed by atoms with Gasteiger partial charge in [-0.3, -0.25) is 9.69 Å². The number of aromatic nitrogens is 2. The van der Waals surface area contributed by atoms with Gasteiger partial charge in [0, 0.05) is 11.8 Å². The smallest absolute Gasteiger partial charge is 0.238 e. The number of anilines is 5. The van der Waals surface area contributed by atoms with Gasteiger partial charge in [-0.25, -0.2) is 13.4 Å². The Morgan fingerprint density at radius 2 is 1.79 bits per heavy atom. The summed E-state index contributed by atoms with van der Waals surface area (Å²) in [5.74, 6) is 0.785. The molecule has 1 aromatic heterocycles. The second-order valence-electron chi connectivity index (χ2n) is 8.65. The van der Waals surface area contributed by atoms with Gasteiger partial charge in [0.1, 0.15) is 10.8 Å². The summed E-state index contributed by atoms with van der Waals surface area (Å²) in [6.45, 7) is 9.13. The maximum atomic E-state index is 12.8. The molecule has 0 aliphatic carbocycles. The lowest BCUT2D eigenvalue weighted by molar-refractivity contribution is -0.117. The van der Waals surface area contributed by atoms with Crippen LogP contribution >= 0.6 is 11.6 Å². The predicted octanol–water partition coefficient (Wildman–Crippen LogP) is 5.09. The average molecular weight is 561 g/mol. The maximum Gasteiger partial charge on any atom is 0.238 e. The van der Waals surface area contributed by atoms with Gasteiger partial charge in [-0.15, -0.1) is 0 Å². The van der Waals surface area contributed by atoms with E-state index in [0.717, 1.165) is 13.1 Å². The zero-order chi connectivity index (χ0) is 27.9. The fourth-order valence-electron chi connectivity index (χ4n) is 3.56. The molecule has 1 amide bonds. The number of carbonyl (C=O) groups is 1. The Balaban J connectivity index is 1.82. The quantitative estimate of drug-likeness (QED) is 0.278. The number of benzene rings is 2. The Bertz CT molecular complexity index is 1380. The summed E-state index contributed by atoms with van der Waals surface area (Å²) in [6.07, 6.45) is 1.41. The molecule has 3 rings (SSSR count). The first-order chi connectivity index (χ1) is 18.1. The summed E-state index contributed by atoms with van der Waals surface area (Å²) >= 11 is 6.33. The molecule has 0 bridgehead atoms. The number of ether oxygens (including phenoxy) is 1. The summed E-state index contributed by atoms with van der Waals surface area (Å²) in [5.41, 5.74) is 1.51. The Kier molecular flexibility index (Phi) is 9.90. The number of nitrogens with zero attached hydrogens (tertiary/aromatic N) is 3. The van der Waals surface area contributed by atoms with Crippen LogP contribution in [0.15, 0.2) is 53.6 Å². The highest BCUT2D eigenvalue weighted by atomic mass is 35.5. The second kappa shape index (κ2) is 12.9. The Hall–Kier alpha value is -3.41. The van der Waals surface area contributed by atoms with E-state index in [2.05, 4.69) is 25.9 Å². The summed E-state index contributed by atoms with van der Waals surface area (Å²) < 4.78 is 31.1. The van der Waals surface area contributed by atoms with Crippen LogP contribution < -0.4 is 20.7 Å². The van der Waals surface area contributed by atoms with E-state index < -0.39 is 15.1 Å². The lowest BCUT2D eigenvalue weighted by Gasteiger charge is -2.18. The first-order valence-corrected chi connectivity index (χ1v) is 14.1. The van der Waals surface area contributed by atoms with Crippen LogP contribution in [0, 0.1) is 0 Å². The number of sulfone groups is 1. The average Bonchev–Trinajstić information content (AvgIpc) is 2.90. The minimum Gasteiger partial charge on any atom is -0.494 e. The van der Waals surface area contributed by atoms with Crippen LogP contribution in [0.25, 0.3) is 0 Å². The highest BCUT2D eigenvalue weighted by Crippen LogP contribution is 2.33. The van der Waals surface area contributed by atoms with Gasteiger partial charge in [0.25, 0.3) is 0 Å². The number of likely N-dealkylation sites (N-methyl/N-ethyl adjacent to an activating group) is 1. The molecule has 3 aromatic rings. The lowest BCUT2D eigenvalue weighted by atomic mass is 10.2. The lowest BCUT2D eigenvalue weighted by Crippen LogP contribution is -2.32. The van der Waals surface area contributed by atoms with E-state index in [1.54, 1.807) is 56.3 Å². The zero-order valence-electron chi connectivity index (χ0n) is 22.1.